The summed E-state index contributed by atoms with van der Waals surface area (Å²) < 4.78 is 53.7. The molecule has 0 bridgehead atoms. The van der Waals surface area contributed by atoms with E-state index in [0.717, 1.165) is 34.2 Å². The third-order valence-corrected chi connectivity index (χ3v) is 5.10. The number of hydrazone groups is 1. The van der Waals surface area contributed by atoms with E-state index in [0.29, 0.717) is 6.54 Å². The minimum Gasteiger partial charge on any atom is -0.342 e. The summed E-state index contributed by atoms with van der Waals surface area (Å²) in [5, 5.41) is 4.89. The Bertz CT molecular complexity index is 1310. The van der Waals surface area contributed by atoms with Gasteiger partial charge in [-0.25, -0.2) is 9.82 Å². The second-order valence-electron chi connectivity index (χ2n) is 7.52. The van der Waals surface area contributed by atoms with Gasteiger partial charge in [-0.3, -0.25) is 4.79 Å². The number of alkyl halides is 3. The molecule has 168 valence electrons. The SMILES string of the molecule is O=C(Cc1cccc(C(F)(F)F)c1)N/N=C/c1cn(Cc2ccc(F)cc2)c2ccccc12. The number of halogens is 4. The van der Waals surface area contributed by atoms with Gasteiger partial charge in [0.25, 0.3) is 0 Å². The van der Waals surface area contributed by atoms with Crippen LogP contribution in [-0.2, 0) is 23.9 Å². The molecule has 0 spiro atoms. The molecule has 0 aliphatic rings. The Morgan fingerprint density at radius 1 is 0.970 bits per heavy atom. The topological polar surface area (TPSA) is 46.4 Å². The lowest BCUT2D eigenvalue weighted by atomic mass is 10.1. The molecule has 0 aliphatic heterocycles. The third-order valence-electron chi connectivity index (χ3n) is 5.10. The highest BCUT2D eigenvalue weighted by atomic mass is 19.4. The molecule has 1 heterocycles. The van der Waals surface area contributed by atoms with Crippen LogP contribution >= 0.6 is 0 Å². The van der Waals surface area contributed by atoms with Gasteiger partial charge in [-0.2, -0.15) is 18.3 Å². The predicted molar refractivity (Wildman–Crippen MR) is 118 cm³/mol. The zero-order valence-corrected chi connectivity index (χ0v) is 17.3. The van der Waals surface area contributed by atoms with Crippen LogP contribution in [0, 0.1) is 5.82 Å². The van der Waals surface area contributed by atoms with Crippen molar-refractivity contribution in [1.82, 2.24) is 9.99 Å². The van der Waals surface area contributed by atoms with Gasteiger partial charge in [0.1, 0.15) is 5.82 Å². The van der Waals surface area contributed by atoms with Crippen LogP contribution in [0.15, 0.2) is 84.1 Å². The molecule has 3 aromatic carbocycles. The second-order valence-corrected chi connectivity index (χ2v) is 7.52. The van der Waals surface area contributed by atoms with E-state index in [9.17, 15) is 22.4 Å². The number of benzene rings is 3. The zero-order chi connectivity index (χ0) is 23.4. The van der Waals surface area contributed by atoms with E-state index in [1.807, 2.05) is 35.0 Å². The molecule has 1 aromatic heterocycles. The van der Waals surface area contributed by atoms with Crippen molar-refractivity contribution in [2.75, 3.05) is 0 Å². The van der Waals surface area contributed by atoms with Gasteiger partial charge in [0, 0.05) is 29.2 Å². The highest BCUT2D eigenvalue weighted by Crippen LogP contribution is 2.29. The summed E-state index contributed by atoms with van der Waals surface area (Å²) in [4.78, 5) is 12.2. The van der Waals surface area contributed by atoms with Crippen LogP contribution in [0.2, 0.25) is 0 Å². The maximum absolute atomic E-state index is 13.2. The minimum absolute atomic E-state index is 0.229. The molecule has 8 heteroatoms. The van der Waals surface area contributed by atoms with Gasteiger partial charge in [-0.15, -0.1) is 0 Å². The van der Waals surface area contributed by atoms with Crippen molar-refractivity contribution in [1.29, 1.82) is 0 Å². The van der Waals surface area contributed by atoms with Crippen LogP contribution in [-0.4, -0.2) is 16.7 Å². The molecule has 0 saturated heterocycles. The molecular formula is C25H19F4N3O. The Morgan fingerprint density at radius 3 is 2.48 bits per heavy atom. The maximum Gasteiger partial charge on any atom is 0.416 e. The number of aromatic nitrogens is 1. The molecule has 0 atom stereocenters. The average molecular weight is 453 g/mol. The molecule has 0 radical (unpaired) electrons. The van der Waals surface area contributed by atoms with E-state index in [1.54, 1.807) is 12.1 Å². The van der Waals surface area contributed by atoms with E-state index in [1.165, 1.54) is 30.5 Å². The summed E-state index contributed by atoms with van der Waals surface area (Å²) >= 11 is 0. The normalized spacial score (nSPS) is 11.9. The van der Waals surface area contributed by atoms with Gasteiger partial charge in [0.2, 0.25) is 5.91 Å². The molecule has 1 amide bonds. The number of hydrogen-bond acceptors (Lipinski definition) is 2. The highest BCUT2D eigenvalue weighted by molar-refractivity contribution is 5.99. The fourth-order valence-electron chi connectivity index (χ4n) is 3.55. The number of carbonyl (C=O) groups excluding carboxylic acids is 1. The lowest BCUT2D eigenvalue weighted by molar-refractivity contribution is -0.137. The highest BCUT2D eigenvalue weighted by Gasteiger charge is 2.30. The lowest BCUT2D eigenvalue weighted by Crippen LogP contribution is -2.20. The molecule has 4 rings (SSSR count). The molecule has 4 nitrogen and oxygen atoms in total. The number of rotatable bonds is 6. The Morgan fingerprint density at radius 2 is 1.73 bits per heavy atom. The smallest absolute Gasteiger partial charge is 0.342 e. The Hall–Kier alpha value is -3.94. The summed E-state index contributed by atoms with van der Waals surface area (Å²) in [7, 11) is 0. The Kier molecular flexibility index (Phi) is 6.26. The molecule has 0 aliphatic carbocycles. The van der Waals surface area contributed by atoms with Gasteiger partial charge in [0.15, 0.2) is 0 Å². The van der Waals surface area contributed by atoms with Gasteiger partial charge in [0.05, 0.1) is 18.2 Å². The third kappa shape index (κ3) is 5.46. The number of fused-ring (bicyclic) bond motifs is 1. The monoisotopic (exact) mass is 453 g/mol. The lowest BCUT2D eigenvalue weighted by Gasteiger charge is -2.08. The van der Waals surface area contributed by atoms with E-state index < -0.39 is 17.6 Å². The average Bonchev–Trinajstić information content (AvgIpc) is 3.12. The first kappa shape index (κ1) is 22.3. The number of amides is 1. The minimum atomic E-state index is -4.47. The van der Waals surface area contributed by atoms with Crippen LogP contribution in [0.4, 0.5) is 17.6 Å². The fourth-order valence-corrected chi connectivity index (χ4v) is 3.55. The first-order valence-electron chi connectivity index (χ1n) is 10.1. The molecule has 1 N–H and O–H groups in total. The van der Waals surface area contributed by atoms with Gasteiger partial charge >= 0.3 is 6.18 Å². The van der Waals surface area contributed by atoms with Crippen molar-refractivity contribution < 1.29 is 22.4 Å². The van der Waals surface area contributed by atoms with Crippen molar-refractivity contribution >= 4 is 23.0 Å². The fraction of sp³-hybridized carbons (Fsp3) is 0.120. The zero-order valence-electron chi connectivity index (χ0n) is 17.3. The van der Waals surface area contributed by atoms with Gasteiger partial charge < -0.3 is 4.57 Å². The number of nitrogens with one attached hydrogen (secondary N) is 1. The van der Waals surface area contributed by atoms with Crippen molar-refractivity contribution in [3.8, 4) is 0 Å². The Balaban J connectivity index is 1.47. The number of hydrogen-bond donors (Lipinski definition) is 1. The summed E-state index contributed by atoms with van der Waals surface area (Å²) in [6.07, 6.45) is -1.33. The summed E-state index contributed by atoms with van der Waals surface area (Å²) in [5.41, 5.74) is 4.43. The van der Waals surface area contributed by atoms with Crippen LogP contribution in [0.25, 0.3) is 10.9 Å². The largest absolute Gasteiger partial charge is 0.416 e. The van der Waals surface area contributed by atoms with Crippen LogP contribution < -0.4 is 5.43 Å². The second kappa shape index (κ2) is 9.28. The summed E-state index contributed by atoms with van der Waals surface area (Å²) in [6, 6.07) is 18.5. The van der Waals surface area contributed by atoms with Gasteiger partial charge in [-0.05, 0) is 35.4 Å². The van der Waals surface area contributed by atoms with E-state index in [2.05, 4.69) is 10.5 Å². The molecule has 0 saturated carbocycles. The first-order chi connectivity index (χ1) is 15.8. The van der Waals surface area contributed by atoms with E-state index >= 15 is 0 Å². The summed E-state index contributed by atoms with van der Waals surface area (Å²) in [6.45, 7) is 0.524. The number of nitrogens with zero attached hydrogens (tertiary/aromatic N) is 2. The van der Waals surface area contributed by atoms with Crippen LogP contribution in [0.1, 0.15) is 22.3 Å². The van der Waals surface area contributed by atoms with Crippen LogP contribution in [0.5, 0.6) is 0 Å². The van der Waals surface area contributed by atoms with Crippen molar-refractivity contribution in [2.24, 2.45) is 5.10 Å². The molecule has 33 heavy (non-hydrogen) atoms. The molecule has 0 fully saturated rings. The van der Waals surface area contributed by atoms with E-state index in [4.69, 9.17) is 0 Å². The number of para-hydroxylation sites is 1. The van der Waals surface area contributed by atoms with Crippen molar-refractivity contribution in [3.63, 3.8) is 0 Å². The first-order valence-corrected chi connectivity index (χ1v) is 10.1. The molecular weight excluding hydrogens is 434 g/mol. The van der Waals surface area contributed by atoms with Gasteiger partial charge in [-0.1, -0.05) is 48.5 Å². The van der Waals surface area contributed by atoms with Crippen molar-refractivity contribution in [3.05, 3.63) is 107 Å². The quantitative estimate of drug-likeness (QED) is 0.233. The van der Waals surface area contributed by atoms with Crippen molar-refractivity contribution in [2.45, 2.75) is 19.1 Å². The molecule has 0 unspecified atom stereocenters. The standard InChI is InChI=1S/C25H19F4N3O/c26-21-10-8-17(9-11-21)15-32-16-19(22-6-1-2-7-23(22)32)14-30-31-24(33)13-18-4-3-5-20(12-18)25(27,28)29/h1-12,14,16H,13,15H2,(H,31,33)/b30-14+. The number of carbonyl (C=O) groups is 1. The predicted octanol–water partition coefficient (Wildman–Crippen LogP) is 5.54. The Labute approximate surface area is 187 Å². The molecule has 4 aromatic rings. The summed E-state index contributed by atoms with van der Waals surface area (Å²) in [5.74, 6) is -0.828. The van der Waals surface area contributed by atoms with E-state index in [-0.39, 0.29) is 17.8 Å². The van der Waals surface area contributed by atoms with Crippen LogP contribution in [0.3, 0.4) is 0 Å². The maximum atomic E-state index is 13.2.